The summed E-state index contributed by atoms with van der Waals surface area (Å²) in [4.78, 5) is 25.6. The van der Waals surface area contributed by atoms with Crippen molar-refractivity contribution >= 4 is 25.1 Å². The van der Waals surface area contributed by atoms with E-state index in [9.17, 15) is 18.7 Å². The largest absolute Gasteiger partial charge is 0.492 e. The minimum Gasteiger partial charge on any atom is -0.492 e. The SMILES string of the molecule is [B]C(Oc1cc(C)n(C2=CC(c3ccnc(C(C)(C)O)n3)NC=C2C)c(=O)c1Cl)c1ncc(F)cc1F. The van der Waals surface area contributed by atoms with Gasteiger partial charge in [-0.2, -0.15) is 0 Å². The van der Waals surface area contributed by atoms with Gasteiger partial charge in [-0.05, 0) is 45.4 Å². The monoisotopic (exact) mass is 525 g/mol. The number of aliphatic hydroxyl groups is 1. The summed E-state index contributed by atoms with van der Waals surface area (Å²) in [5.74, 6) is -1.66. The predicted octanol–water partition coefficient (Wildman–Crippen LogP) is 3.84. The van der Waals surface area contributed by atoms with Crippen molar-refractivity contribution in [1.29, 1.82) is 0 Å². The lowest BCUT2D eigenvalue weighted by atomic mass is 9.95. The molecular formula is C25H23BClF2N5O3. The Morgan fingerprint density at radius 2 is 2.00 bits per heavy atom. The van der Waals surface area contributed by atoms with E-state index < -0.39 is 34.8 Å². The zero-order valence-corrected chi connectivity index (χ0v) is 21.2. The fraction of sp³-hybridized carbons (Fsp3) is 0.280. The van der Waals surface area contributed by atoms with Gasteiger partial charge in [-0.25, -0.2) is 18.7 Å². The second-order valence-electron chi connectivity index (χ2n) is 9.05. The Labute approximate surface area is 218 Å². The summed E-state index contributed by atoms with van der Waals surface area (Å²) < 4.78 is 34.2. The average Bonchev–Trinajstić information content (AvgIpc) is 2.83. The number of nitrogens with one attached hydrogen (secondary N) is 1. The molecule has 4 rings (SSSR count). The van der Waals surface area contributed by atoms with E-state index in [1.54, 1.807) is 45.3 Å². The summed E-state index contributed by atoms with van der Waals surface area (Å²) in [5.41, 5.74) is 0.199. The van der Waals surface area contributed by atoms with Crippen LogP contribution in [0.25, 0.3) is 5.70 Å². The Bertz CT molecular complexity index is 1490. The second kappa shape index (κ2) is 10.1. The van der Waals surface area contributed by atoms with E-state index in [0.717, 1.165) is 11.8 Å². The molecule has 12 heteroatoms. The van der Waals surface area contributed by atoms with Crippen molar-refractivity contribution in [3.05, 3.63) is 98.4 Å². The van der Waals surface area contributed by atoms with Crippen LogP contribution in [0.2, 0.25) is 5.02 Å². The van der Waals surface area contributed by atoms with Crippen LogP contribution in [-0.2, 0) is 5.60 Å². The standard InChI is InChI=1S/C25H23BClF2N5O3/c1-12-10-31-17(16-5-6-30-24(33-16)25(3,4)36)9-18(12)34-13(2)7-19(20(27)23(34)35)37-22(26)21-15(29)8-14(28)11-32-21/h5-11,17,22,31,36H,1-4H3. The van der Waals surface area contributed by atoms with E-state index in [1.165, 1.54) is 10.6 Å². The smallest absolute Gasteiger partial charge is 0.277 e. The molecule has 3 aromatic heterocycles. The molecule has 1 aliphatic rings. The van der Waals surface area contributed by atoms with Gasteiger partial charge in [0.2, 0.25) is 0 Å². The summed E-state index contributed by atoms with van der Waals surface area (Å²) in [6, 6.07) is 1.98. The van der Waals surface area contributed by atoms with Crippen molar-refractivity contribution in [2.24, 2.45) is 0 Å². The third-order valence-corrected chi connectivity index (χ3v) is 6.00. The van der Waals surface area contributed by atoms with Crippen molar-refractivity contribution in [2.45, 2.75) is 45.3 Å². The number of halogens is 3. The van der Waals surface area contributed by atoms with Crippen molar-refractivity contribution in [3.8, 4) is 5.75 Å². The van der Waals surface area contributed by atoms with Crippen LogP contribution >= 0.6 is 11.6 Å². The molecule has 0 fully saturated rings. The number of hydrogen-bond donors (Lipinski definition) is 2. The molecule has 2 radical (unpaired) electrons. The van der Waals surface area contributed by atoms with Gasteiger partial charge in [-0.1, -0.05) is 11.6 Å². The molecule has 0 saturated heterocycles. The zero-order valence-electron chi connectivity index (χ0n) is 20.5. The number of rotatable bonds is 6. The van der Waals surface area contributed by atoms with Crippen LogP contribution in [0.4, 0.5) is 8.78 Å². The number of nitrogens with zero attached hydrogens (tertiary/aromatic N) is 4. The van der Waals surface area contributed by atoms with Crippen molar-refractivity contribution in [2.75, 3.05) is 0 Å². The highest BCUT2D eigenvalue weighted by Gasteiger charge is 2.25. The number of dihydropyridines is 1. The van der Waals surface area contributed by atoms with Crippen LogP contribution in [0.15, 0.2) is 53.2 Å². The van der Waals surface area contributed by atoms with E-state index in [0.29, 0.717) is 23.2 Å². The Morgan fingerprint density at radius 3 is 2.68 bits per heavy atom. The predicted molar refractivity (Wildman–Crippen MR) is 135 cm³/mol. The van der Waals surface area contributed by atoms with E-state index in [2.05, 4.69) is 20.3 Å². The summed E-state index contributed by atoms with van der Waals surface area (Å²) >= 11 is 6.36. The molecule has 37 heavy (non-hydrogen) atoms. The van der Waals surface area contributed by atoms with E-state index in [1.807, 2.05) is 6.92 Å². The lowest BCUT2D eigenvalue weighted by molar-refractivity contribution is 0.0683. The van der Waals surface area contributed by atoms with Gasteiger partial charge >= 0.3 is 0 Å². The molecule has 1 aliphatic heterocycles. The molecule has 3 aromatic rings. The van der Waals surface area contributed by atoms with Gasteiger partial charge < -0.3 is 15.2 Å². The van der Waals surface area contributed by atoms with E-state index >= 15 is 0 Å². The van der Waals surface area contributed by atoms with Gasteiger partial charge in [0, 0.05) is 30.2 Å². The topological polar surface area (TPSA) is 102 Å². The fourth-order valence-electron chi connectivity index (χ4n) is 3.78. The van der Waals surface area contributed by atoms with E-state index in [-0.39, 0.29) is 22.3 Å². The Morgan fingerprint density at radius 1 is 1.27 bits per heavy atom. The minimum atomic E-state index is -1.43. The van der Waals surface area contributed by atoms with Gasteiger partial charge in [-0.15, -0.1) is 0 Å². The Balaban J connectivity index is 1.70. The number of pyridine rings is 2. The van der Waals surface area contributed by atoms with Gasteiger partial charge in [0.25, 0.3) is 5.56 Å². The maximum Gasteiger partial charge on any atom is 0.277 e. The summed E-state index contributed by atoms with van der Waals surface area (Å²) in [6.45, 7) is 6.68. The first-order valence-electron chi connectivity index (χ1n) is 11.2. The molecule has 0 amide bonds. The summed E-state index contributed by atoms with van der Waals surface area (Å²) in [7, 11) is 5.90. The van der Waals surface area contributed by atoms with Gasteiger partial charge in [0.05, 0.1) is 29.6 Å². The number of aromatic nitrogens is 4. The summed E-state index contributed by atoms with van der Waals surface area (Å²) in [6.07, 6.45) is 5.91. The zero-order chi connectivity index (χ0) is 27.1. The molecule has 0 aromatic carbocycles. The molecule has 0 aliphatic carbocycles. The molecule has 2 N–H and O–H groups in total. The van der Waals surface area contributed by atoms with Crippen molar-refractivity contribution < 1.29 is 18.6 Å². The van der Waals surface area contributed by atoms with Crippen molar-refractivity contribution in [3.63, 3.8) is 0 Å². The Kier molecular flexibility index (Phi) is 7.21. The van der Waals surface area contributed by atoms with Crippen LogP contribution in [0.3, 0.4) is 0 Å². The first-order valence-corrected chi connectivity index (χ1v) is 11.6. The molecule has 0 spiro atoms. The lowest BCUT2D eigenvalue weighted by Crippen LogP contribution is -2.28. The first-order chi connectivity index (χ1) is 17.4. The number of hydrogen-bond acceptors (Lipinski definition) is 7. The molecule has 8 nitrogen and oxygen atoms in total. The minimum absolute atomic E-state index is 0.0724. The van der Waals surface area contributed by atoms with Gasteiger partial charge in [-0.3, -0.25) is 14.3 Å². The molecule has 2 unspecified atom stereocenters. The normalized spacial score (nSPS) is 16.5. The second-order valence-corrected chi connectivity index (χ2v) is 9.43. The highest BCUT2D eigenvalue weighted by Crippen LogP contribution is 2.31. The number of aryl methyl sites for hydroxylation is 1. The first kappa shape index (κ1) is 26.5. The third kappa shape index (κ3) is 5.42. The molecule has 4 heterocycles. The molecule has 2 atom stereocenters. The third-order valence-electron chi connectivity index (χ3n) is 5.65. The summed E-state index contributed by atoms with van der Waals surface area (Å²) in [5, 5.41) is 13.2. The highest BCUT2D eigenvalue weighted by atomic mass is 35.5. The van der Waals surface area contributed by atoms with Crippen LogP contribution in [-0.4, -0.2) is 32.5 Å². The van der Waals surface area contributed by atoms with Crippen LogP contribution in [0, 0.1) is 18.6 Å². The fourth-order valence-corrected chi connectivity index (χ4v) is 3.97. The average molecular weight is 526 g/mol. The van der Waals surface area contributed by atoms with Crippen LogP contribution in [0.5, 0.6) is 5.75 Å². The highest BCUT2D eigenvalue weighted by molar-refractivity contribution is 6.32. The van der Waals surface area contributed by atoms with E-state index in [4.69, 9.17) is 24.2 Å². The number of allylic oxidation sites excluding steroid dienone is 2. The lowest BCUT2D eigenvalue weighted by Gasteiger charge is -2.25. The molecule has 0 saturated carbocycles. The number of ether oxygens (including phenoxy) is 1. The van der Waals surface area contributed by atoms with Crippen LogP contribution in [0.1, 0.15) is 55.7 Å². The maximum absolute atomic E-state index is 14.1. The quantitative estimate of drug-likeness (QED) is 0.472. The maximum atomic E-state index is 14.1. The molecule has 190 valence electrons. The van der Waals surface area contributed by atoms with Crippen LogP contribution < -0.4 is 15.6 Å². The van der Waals surface area contributed by atoms with Gasteiger partial charge in [0.15, 0.2) is 11.6 Å². The van der Waals surface area contributed by atoms with Crippen molar-refractivity contribution in [1.82, 2.24) is 24.8 Å². The molecular weight excluding hydrogens is 503 g/mol. The molecule has 0 bridgehead atoms. The van der Waals surface area contributed by atoms with Gasteiger partial charge in [0.1, 0.15) is 35.7 Å². The Hall–Kier alpha value is -3.57.